The second kappa shape index (κ2) is 8.03. The first kappa shape index (κ1) is 19.7. The summed E-state index contributed by atoms with van der Waals surface area (Å²) >= 11 is 6.04. The molecule has 0 saturated heterocycles. The van der Waals surface area contributed by atoms with Crippen LogP contribution in [0.1, 0.15) is 43.0 Å². The maximum Gasteiger partial charge on any atom is 0.262 e. The van der Waals surface area contributed by atoms with E-state index in [1.165, 1.54) is 5.01 Å². The van der Waals surface area contributed by atoms with E-state index in [9.17, 15) is 9.59 Å². The summed E-state index contributed by atoms with van der Waals surface area (Å²) in [7, 11) is 3.67. The highest BCUT2D eigenvalue weighted by Crippen LogP contribution is 2.34. The number of likely N-dealkylation sites (N-methyl/N-ethyl adjacent to an activating group) is 1. The number of hydrazone groups is 1. The number of carbonyl (C=O) groups excluding carboxylic acids is 2. The molecule has 1 saturated carbocycles. The van der Waals surface area contributed by atoms with Crippen molar-refractivity contribution < 1.29 is 9.59 Å². The molecular formula is C22H25ClN4O2. The molecule has 0 unspecified atom stereocenters. The van der Waals surface area contributed by atoms with E-state index in [2.05, 4.69) is 5.10 Å². The standard InChI is InChI=1S/C22H25ClN4O2/c1-25-12-4-7-19(25)18-13-20(15-8-10-17(23)11-9-15)27(24-18)21(28)14-26(2)22(29)16-5-3-6-16/h4,7-12,16,20H,3,5-6,13-14H2,1-2H3/t20-/m1/s1. The van der Waals surface area contributed by atoms with Gasteiger partial charge in [-0.25, -0.2) is 5.01 Å². The predicted molar refractivity (Wildman–Crippen MR) is 113 cm³/mol. The molecule has 1 fully saturated rings. The molecule has 2 aliphatic rings. The number of amides is 2. The molecule has 152 valence electrons. The maximum atomic E-state index is 13.1. The SMILES string of the molecule is CN(CC(=O)N1N=C(c2cccn2C)C[C@@H]1c1ccc(Cl)cc1)C(=O)C1CCC1. The Hall–Kier alpha value is -2.60. The fraction of sp³-hybridized carbons (Fsp3) is 0.409. The molecule has 6 nitrogen and oxygen atoms in total. The van der Waals surface area contributed by atoms with Gasteiger partial charge in [0.15, 0.2) is 0 Å². The summed E-state index contributed by atoms with van der Waals surface area (Å²) in [6, 6.07) is 11.3. The lowest BCUT2D eigenvalue weighted by atomic mass is 9.84. The number of halogens is 1. The summed E-state index contributed by atoms with van der Waals surface area (Å²) in [6.45, 7) is 0.0311. The Morgan fingerprint density at radius 1 is 1.21 bits per heavy atom. The Labute approximate surface area is 175 Å². The Morgan fingerprint density at radius 3 is 2.52 bits per heavy atom. The summed E-state index contributed by atoms with van der Waals surface area (Å²) in [4.78, 5) is 27.1. The Morgan fingerprint density at radius 2 is 1.93 bits per heavy atom. The zero-order valence-electron chi connectivity index (χ0n) is 16.7. The highest BCUT2D eigenvalue weighted by molar-refractivity contribution is 6.30. The van der Waals surface area contributed by atoms with Crippen LogP contribution in [0.25, 0.3) is 0 Å². The number of aryl methyl sites for hydroxylation is 1. The van der Waals surface area contributed by atoms with Gasteiger partial charge in [0.05, 0.1) is 17.4 Å². The molecule has 1 aliphatic heterocycles. The van der Waals surface area contributed by atoms with Crippen molar-refractivity contribution in [1.82, 2.24) is 14.5 Å². The molecule has 29 heavy (non-hydrogen) atoms. The Kier molecular flexibility index (Phi) is 5.46. The van der Waals surface area contributed by atoms with E-state index < -0.39 is 0 Å². The van der Waals surface area contributed by atoms with E-state index in [-0.39, 0.29) is 30.3 Å². The lowest BCUT2D eigenvalue weighted by molar-refractivity contribution is -0.144. The summed E-state index contributed by atoms with van der Waals surface area (Å²) in [5, 5.41) is 6.86. The Balaban J connectivity index is 1.57. The second-order valence-corrected chi connectivity index (χ2v) is 8.32. The Bertz CT molecular complexity index is 946. The van der Waals surface area contributed by atoms with Crippen molar-refractivity contribution in [3.63, 3.8) is 0 Å². The van der Waals surface area contributed by atoms with Crippen molar-refractivity contribution in [3.8, 4) is 0 Å². The number of benzene rings is 1. The van der Waals surface area contributed by atoms with Crippen LogP contribution in [0.15, 0.2) is 47.7 Å². The second-order valence-electron chi connectivity index (χ2n) is 7.88. The van der Waals surface area contributed by atoms with Crippen LogP contribution in [0.2, 0.25) is 5.02 Å². The first-order valence-electron chi connectivity index (χ1n) is 9.95. The minimum absolute atomic E-state index is 0.0311. The fourth-order valence-corrected chi connectivity index (χ4v) is 4.05. The molecule has 2 amide bonds. The third kappa shape index (κ3) is 3.94. The summed E-state index contributed by atoms with van der Waals surface area (Å²) < 4.78 is 2.00. The van der Waals surface area contributed by atoms with Crippen molar-refractivity contribution in [2.75, 3.05) is 13.6 Å². The highest BCUT2D eigenvalue weighted by Gasteiger charge is 2.35. The van der Waals surface area contributed by atoms with E-state index >= 15 is 0 Å². The molecule has 0 spiro atoms. The lowest BCUT2D eigenvalue weighted by Crippen LogP contribution is -2.42. The molecule has 0 N–H and O–H groups in total. The van der Waals surface area contributed by atoms with Gasteiger partial charge in [0, 0.05) is 37.7 Å². The van der Waals surface area contributed by atoms with Gasteiger partial charge in [0.2, 0.25) is 5.91 Å². The third-order valence-corrected chi connectivity index (χ3v) is 6.12. The van der Waals surface area contributed by atoms with Gasteiger partial charge < -0.3 is 9.47 Å². The zero-order valence-corrected chi connectivity index (χ0v) is 17.5. The van der Waals surface area contributed by atoms with Gasteiger partial charge in [-0.05, 0) is 42.7 Å². The maximum absolute atomic E-state index is 13.1. The molecule has 7 heteroatoms. The van der Waals surface area contributed by atoms with Crippen LogP contribution in [-0.4, -0.2) is 45.6 Å². The number of nitrogens with zero attached hydrogens (tertiary/aromatic N) is 4. The fourth-order valence-electron chi connectivity index (χ4n) is 3.92. The van der Waals surface area contributed by atoms with Gasteiger partial charge in [0.1, 0.15) is 6.54 Å². The van der Waals surface area contributed by atoms with Gasteiger partial charge in [-0.1, -0.05) is 30.2 Å². The number of hydrogen-bond donors (Lipinski definition) is 0. The van der Waals surface area contributed by atoms with E-state index in [0.29, 0.717) is 11.4 Å². The van der Waals surface area contributed by atoms with Crippen molar-refractivity contribution in [3.05, 3.63) is 58.9 Å². The largest absolute Gasteiger partial charge is 0.350 e. The highest BCUT2D eigenvalue weighted by atomic mass is 35.5. The zero-order chi connectivity index (χ0) is 20.5. The van der Waals surface area contributed by atoms with Crippen LogP contribution in [0, 0.1) is 5.92 Å². The van der Waals surface area contributed by atoms with Gasteiger partial charge in [0.25, 0.3) is 5.91 Å². The molecular weight excluding hydrogens is 388 g/mol. The van der Waals surface area contributed by atoms with E-state index in [0.717, 1.165) is 36.2 Å². The number of carbonyl (C=O) groups is 2. The smallest absolute Gasteiger partial charge is 0.262 e. The van der Waals surface area contributed by atoms with Crippen molar-refractivity contribution in [1.29, 1.82) is 0 Å². The van der Waals surface area contributed by atoms with Crippen LogP contribution >= 0.6 is 11.6 Å². The molecule has 1 aromatic heterocycles. The summed E-state index contributed by atoms with van der Waals surface area (Å²) in [5.41, 5.74) is 2.82. The van der Waals surface area contributed by atoms with Crippen LogP contribution in [0.3, 0.4) is 0 Å². The number of aromatic nitrogens is 1. The molecule has 2 heterocycles. The quantitative estimate of drug-likeness (QED) is 0.753. The van der Waals surface area contributed by atoms with Gasteiger partial charge in [-0.15, -0.1) is 0 Å². The molecule has 4 rings (SSSR count). The minimum Gasteiger partial charge on any atom is -0.350 e. The van der Waals surface area contributed by atoms with Crippen LogP contribution in [-0.2, 0) is 16.6 Å². The first-order chi connectivity index (χ1) is 13.9. The van der Waals surface area contributed by atoms with Crippen molar-refractivity contribution in [2.45, 2.75) is 31.7 Å². The average Bonchev–Trinajstić information content (AvgIpc) is 3.27. The minimum atomic E-state index is -0.211. The molecule has 0 radical (unpaired) electrons. The third-order valence-electron chi connectivity index (χ3n) is 5.86. The monoisotopic (exact) mass is 412 g/mol. The number of rotatable bonds is 5. The molecule has 1 aromatic carbocycles. The van der Waals surface area contributed by atoms with Crippen LogP contribution in [0.5, 0.6) is 0 Å². The molecule has 0 bridgehead atoms. The van der Waals surface area contributed by atoms with E-state index in [1.807, 2.05) is 54.2 Å². The molecule has 1 aliphatic carbocycles. The van der Waals surface area contributed by atoms with Crippen LogP contribution in [0.4, 0.5) is 0 Å². The molecule has 1 atom stereocenters. The van der Waals surface area contributed by atoms with Gasteiger partial charge in [-0.2, -0.15) is 5.10 Å². The van der Waals surface area contributed by atoms with Crippen molar-refractivity contribution in [2.24, 2.45) is 18.1 Å². The van der Waals surface area contributed by atoms with E-state index in [4.69, 9.17) is 11.6 Å². The lowest BCUT2D eigenvalue weighted by Gasteiger charge is -2.30. The molecule has 2 aromatic rings. The summed E-state index contributed by atoms with van der Waals surface area (Å²) in [5.74, 6) is -0.0521. The van der Waals surface area contributed by atoms with E-state index in [1.54, 1.807) is 11.9 Å². The average molecular weight is 413 g/mol. The van der Waals surface area contributed by atoms with Gasteiger partial charge >= 0.3 is 0 Å². The van der Waals surface area contributed by atoms with Crippen LogP contribution < -0.4 is 0 Å². The normalized spacial score (nSPS) is 19.1. The van der Waals surface area contributed by atoms with Crippen molar-refractivity contribution >= 4 is 29.1 Å². The predicted octanol–water partition coefficient (Wildman–Crippen LogP) is 3.61. The number of hydrogen-bond acceptors (Lipinski definition) is 3. The first-order valence-corrected chi connectivity index (χ1v) is 10.3. The topological polar surface area (TPSA) is 57.9 Å². The van der Waals surface area contributed by atoms with Gasteiger partial charge in [-0.3, -0.25) is 9.59 Å². The summed E-state index contributed by atoms with van der Waals surface area (Å²) in [6.07, 6.45) is 5.51.